The zero-order valence-electron chi connectivity index (χ0n) is 19.5. The molecule has 8 nitrogen and oxygen atoms in total. The van der Waals surface area contributed by atoms with Crippen LogP contribution >= 0.6 is 0 Å². The van der Waals surface area contributed by atoms with Crippen LogP contribution in [0.3, 0.4) is 0 Å². The highest BCUT2D eigenvalue weighted by Crippen LogP contribution is 2.49. The van der Waals surface area contributed by atoms with Gasteiger partial charge in [0.25, 0.3) is 0 Å². The van der Waals surface area contributed by atoms with Gasteiger partial charge in [0.05, 0.1) is 45.2 Å². The second-order valence-electron chi connectivity index (χ2n) is 8.07. The van der Waals surface area contributed by atoms with E-state index in [1.54, 1.807) is 25.8 Å². The van der Waals surface area contributed by atoms with E-state index in [-0.39, 0.29) is 24.4 Å². The molecule has 178 valence electrons. The van der Waals surface area contributed by atoms with Crippen LogP contribution in [0.15, 0.2) is 54.7 Å². The van der Waals surface area contributed by atoms with Crippen LogP contribution in [-0.4, -0.2) is 42.5 Å². The number of hydrogen-bond donors (Lipinski definition) is 0. The molecule has 1 aromatic heterocycles. The zero-order chi connectivity index (χ0) is 24.1. The Kier molecular flexibility index (Phi) is 7.15. The lowest BCUT2D eigenvalue weighted by molar-refractivity contribution is -0.144. The van der Waals surface area contributed by atoms with Gasteiger partial charge in [0.2, 0.25) is 0 Å². The van der Waals surface area contributed by atoms with Gasteiger partial charge in [-0.15, -0.1) is 0 Å². The van der Waals surface area contributed by atoms with Gasteiger partial charge in [0.15, 0.2) is 0 Å². The molecule has 3 aromatic rings. The predicted octanol–water partition coefficient (Wildman–Crippen LogP) is 3.97. The zero-order valence-corrected chi connectivity index (χ0v) is 19.5. The van der Waals surface area contributed by atoms with Gasteiger partial charge in [0.1, 0.15) is 23.7 Å². The van der Waals surface area contributed by atoms with E-state index < -0.39 is 5.97 Å². The molecule has 1 saturated carbocycles. The number of nitrogens with zero attached hydrogens (tertiary/aromatic N) is 2. The van der Waals surface area contributed by atoms with Gasteiger partial charge in [0, 0.05) is 5.92 Å². The molecule has 0 aliphatic heterocycles. The number of aromatic nitrogens is 2. The first-order valence-electron chi connectivity index (χ1n) is 11.2. The molecule has 2 aromatic carbocycles. The fourth-order valence-corrected chi connectivity index (χ4v) is 3.93. The van der Waals surface area contributed by atoms with Crippen LogP contribution < -0.4 is 9.47 Å². The molecule has 0 spiro atoms. The monoisotopic (exact) mass is 464 g/mol. The molecule has 4 rings (SSSR count). The van der Waals surface area contributed by atoms with E-state index in [0.717, 1.165) is 22.6 Å². The first kappa shape index (κ1) is 23.4. The summed E-state index contributed by atoms with van der Waals surface area (Å²) >= 11 is 0. The molecular weight excluding hydrogens is 436 g/mol. The molecule has 0 saturated heterocycles. The number of hydrogen-bond acceptors (Lipinski definition) is 7. The summed E-state index contributed by atoms with van der Waals surface area (Å²) in [7, 11) is 3.22. The van der Waals surface area contributed by atoms with Gasteiger partial charge < -0.3 is 18.9 Å². The Labute approximate surface area is 198 Å². The molecule has 1 fully saturated rings. The van der Waals surface area contributed by atoms with Crippen molar-refractivity contribution < 1.29 is 28.5 Å². The van der Waals surface area contributed by atoms with Crippen LogP contribution in [0.2, 0.25) is 0 Å². The normalized spacial score (nSPS) is 16.6. The number of esters is 2. The lowest BCUT2D eigenvalue weighted by Gasteiger charge is -2.11. The van der Waals surface area contributed by atoms with Gasteiger partial charge in [-0.05, 0) is 48.7 Å². The highest BCUT2D eigenvalue weighted by Gasteiger charge is 2.49. The number of carbonyl (C=O) groups excluding carboxylic acids is 2. The van der Waals surface area contributed by atoms with Crippen LogP contribution in [0, 0.1) is 5.92 Å². The lowest BCUT2D eigenvalue weighted by Crippen LogP contribution is -2.13. The van der Waals surface area contributed by atoms with Gasteiger partial charge in [-0.25, -0.2) is 4.79 Å². The maximum Gasteiger partial charge on any atom is 0.341 e. The van der Waals surface area contributed by atoms with E-state index in [9.17, 15) is 9.59 Å². The SMILES string of the molecule is CCOC(=O)C1CC1c1c(C(=O)OCc2ccc(OC)cc2)cnn1Cc1ccc(OC)cc1. The van der Waals surface area contributed by atoms with Crippen molar-refractivity contribution >= 4 is 11.9 Å². The molecular formula is C26H28N2O6. The van der Waals surface area contributed by atoms with E-state index in [4.69, 9.17) is 18.9 Å². The molecule has 1 heterocycles. The summed E-state index contributed by atoms with van der Waals surface area (Å²) in [6, 6.07) is 15.0. The molecule has 0 amide bonds. The molecule has 0 radical (unpaired) electrons. The van der Waals surface area contributed by atoms with Crippen molar-refractivity contribution in [2.75, 3.05) is 20.8 Å². The van der Waals surface area contributed by atoms with Crippen molar-refractivity contribution in [1.29, 1.82) is 0 Å². The van der Waals surface area contributed by atoms with Gasteiger partial charge >= 0.3 is 11.9 Å². The van der Waals surface area contributed by atoms with Crippen molar-refractivity contribution in [1.82, 2.24) is 9.78 Å². The van der Waals surface area contributed by atoms with Crippen LogP contribution in [0.25, 0.3) is 0 Å². The van der Waals surface area contributed by atoms with Crippen molar-refractivity contribution in [2.24, 2.45) is 5.92 Å². The fraction of sp³-hybridized carbons (Fsp3) is 0.346. The summed E-state index contributed by atoms with van der Waals surface area (Å²) in [5, 5.41) is 4.47. The second-order valence-corrected chi connectivity index (χ2v) is 8.07. The average molecular weight is 465 g/mol. The highest BCUT2D eigenvalue weighted by molar-refractivity contribution is 5.91. The maximum atomic E-state index is 13.0. The first-order chi connectivity index (χ1) is 16.5. The van der Waals surface area contributed by atoms with Crippen molar-refractivity contribution in [3.63, 3.8) is 0 Å². The summed E-state index contributed by atoms with van der Waals surface area (Å²) in [4.78, 5) is 25.3. The van der Waals surface area contributed by atoms with E-state index in [1.165, 1.54) is 6.20 Å². The van der Waals surface area contributed by atoms with Gasteiger partial charge in [-0.2, -0.15) is 5.10 Å². The molecule has 2 unspecified atom stereocenters. The molecule has 2 atom stereocenters. The lowest BCUT2D eigenvalue weighted by atomic mass is 10.1. The van der Waals surface area contributed by atoms with Crippen molar-refractivity contribution in [2.45, 2.75) is 32.4 Å². The van der Waals surface area contributed by atoms with Crippen LogP contribution in [0.5, 0.6) is 11.5 Å². The number of carbonyl (C=O) groups is 2. The topological polar surface area (TPSA) is 88.9 Å². The Balaban J connectivity index is 1.54. The Morgan fingerprint density at radius 2 is 1.56 bits per heavy atom. The summed E-state index contributed by atoms with van der Waals surface area (Å²) in [6.45, 7) is 2.68. The third kappa shape index (κ3) is 5.22. The molecule has 0 bridgehead atoms. The highest BCUT2D eigenvalue weighted by atomic mass is 16.5. The molecule has 8 heteroatoms. The number of ether oxygens (including phenoxy) is 4. The van der Waals surface area contributed by atoms with Gasteiger partial charge in [-0.3, -0.25) is 9.48 Å². The summed E-state index contributed by atoms with van der Waals surface area (Å²) < 4.78 is 22.9. The maximum absolute atomic E-state index is 13.0. The molecule has 0 N–H and O–H groups in total. The molecule has 34 heavy (non-hydrogen) atoms. The van der Waals surface area contributed by atoms with Crippen LogP contribution in [0.4, 0.5) is 0 Å². The minimum absolute atomic E-state index is 0.123. The number of rotatable bonds is 10. The minimum atomic E-state index is -0.471. The standard InChI is InChI=1S/C26H28N2O6/c1-4-33-25(29)22-13-21(22)24-23(26(30)34-16-18-7-11-20(32-3)12-8-18)14-27-28(24)15-17-5-9-19(31-2)10-6-17/h5-12,14,21-22H,4,13,15-16H2,1-3H3. The summed E-state index contributed by atoms with van der Waals surface area (Å²) in [5.41, 5.74) is 2.92. The third-order valence-electron chi connectivity index (χ3n) is 5.85. The van der Waals surface area contributed by atoms with E-state index >= 15 is 0 Å². The molecule has 1 aliphatic rings. The minimum Gasteiger partial charge on any atom is -0.497 e. The van der Waals surface area contributed by atoms with Crippen LogP contribution in [-0.2, 0) is 27.4 Å². The number of benzene rings is 2. The smallest absolute Gasteiger partial charge is 0.341 e. The van der Waals surface area contributed by atoms with E-state index in [1.807, 2.05) is 48.5 Å². The Hall–Kier alpha value is -3.81. The van der Waals surface area contributed by atoms with E-state index in [0.29, 0.717) is 30.8 Å². The molecule has 1 aliphatic carbocycles. The average Bonchev–Trinajstić information content (AvgIpc) is 3.56. The van der Waals surface area contributed by atoms with E-state index in [2.05, 4.69) is 5.10 Å². The third-order valence-corrected chi connectivity index (χ3v) is 5.85. The second kappa shape index (κ2) is 10.4. The predicted molar refractivity (Wildman–Crippen MR) is 124 cm³/mol. The van der Waals surface area contributed by atoms with Gasteiger partial charge in [-0.1, -0.05) is 24.3 Å². The summed E-state index contributed by atoms with van der Waals surface area (Å²) in [6.07, 6.45) is 2.14. The fourth-order valence-electron chi connectivity index (χ4n) is 3.93. The summed E-state index contributed by atoms with van der Waals surface area (Å²) in [5.74, 6) is 0.360. The van der Waals surface area contributed by atoms with Crippen LogP contribution in [0.1, 0.15) is 46.4 Å². The van der Waals surface area contributed by atoms with Crippen molar-refractivity contribution in [3.05, 3.63) is 77.1 Å². The van der Waals surface area contributed by atoms with Crippen molar-refractivity contribution in [3.8, 4) is 11.5 Å². The Morgan fingerprint density at radius 1 is 0.941 bits per heavy atom. The number of methoxy groups -OCH3 is 2. The Morgan fingerprint density at radius 3 is 2.15 bits per heavy atom. The largest absolute Gasteiger partial charge is 0.497 e. The first-order valence-corrected chi connectivity index (χ1v) is 11.2. The quantitative estimate of drug-likeness (QED) is 0.420. The Bertz CT molecular complexity index is 1140.